The molecule has 0 fully saturated rings. The second-order valence-corrected chi connectivity index (χ2v) is 8.21. The Hall–Kier alpha value is -2.82. The number of aryl methyl sites for hydroxylation is 2. The molecule has 0 aliphatic carbocycles. The Balaban J connectivity index is 2.33. The first-order valence-electron chi connectivity index (χ1n) is 11.1. The van der Waals surface area contributed by atoms with Gasteiger partial charge in [-0.25, -0.2) is 0 Å². The molecule has 0 bridgehead atoms. The first-order valence-corrected chi connectivity index (χ1v) is 11.1. The first kappa shape index (κ1) is 24.4. The average molecular weight is 425 g/mol. The molecule has 2 rings (SSSR count). The van der Waals surface area contributed by atoms with E-state index in [1.165, 1.54) is 5.56 Å². The number of methoxy groups -OCH3 is 1. The quantitative estimate of drug-likeness (QED) is 0.607. The van der Waals surface area contributed by atoms with Crippen LogP contribution in [0.2, 0.25) is 0 Å². The van der Waals surface area contributed by atoms with Crippen LogP contribution < -0.4 is 10.1 Å². The van der Waals surface area contributed by atoms with Crippen LogP contribution >= 0.6 is 0 Å². The molecule has 0 saturated carbocycles. The summed E-state index contributed by atoms with van der Waals surface area (Å²) >= 11 is 0. The van der Waals surface area contributed by atoms with E-state index < -0.39 is 6.04 Å². The number of carbonyl (C=O) groups excluding carboxylic acids is 2. The lowest BCUT2D eigenvalue weighted by Crippen LogP contribution is -2.51. The van der Waals surface area contributed by atoms with Gasteiger partial charge in [-0.2, -0.15) is 0 Å². The molecular weight excluding hydrogens is 388 g/mol. The van der Waals surface area contributed by atoms with Gasteiger partial charge in [0.05, 0.1) is 13.5 Å². The maximum absolute atomic E-state index is 13.4. The van der Waals surface area contributed by atoms with E-state index in [2.05, 4.69) is 18.3 Å². The number of rotatable bonds is 10. The Kier molecular flexibility index (Phi) is 9.10. The van der Waals surface area contributed by atoms with Crippen molar-refractivity contribution in [2.24, 2.45) is 0 Å². The van der Waals surface area contributed by atoms with Crippen molar-refractivity contribution >= 4 is 11.8 Å². The van der Waals surface area contributed by atoms with E-state index in [0.29, 0.717) is 13.0 Å². The van der Waals surface area contributed by atoms with E-state index in [-0.39, 0.29) is 24.3 Å². The van der Waals surface area contributed by atoms with Gasteiger partial charge in [0.1, 0.15) is 11.8 Å². The standard InChI is InChI=1S/C26H36N2O3/c1-7-20(5)27-26(30)24(8-2)28(17-22-10-9-11-23(15-22)31-6)25(29)16-21-13-12-18(3)19(4)14-21/h9-15,20,24H,7-8,16-17H2,1-6H3,(H,27,30)/t20-,24-/m1/s1. The molecule has 0 aliphatic rings. The van der Waals surface area contributed by atoms with Crippen LogP contribution in [0.1, 0.15) is 55.9 Å². The fraction of sp³-hybridized carbons (Fsp3) is 0.462. The lowest BCUT2D eigenvalue weighted by molar-refractivity contribution is -0.141. The number of hydrogen-bond donors (Lipinski definition) is 1. The predicted molar refractivity (Wildman–Crippen MR) is 125 cm³/mol. The SMILES string of the molecule is CC[C@@H](C)NC(=O)[C@@H](CC)N(Cc1cccc(OC)c1)C(=O)Cc1ccc(C)c(C)c1. The Morgan fingerprint density at radius 3 is 2.35 bits per heavy atom. The summed E-state index contributed by atoms with van der Waals surface area (Å²) in [4.78, 5) is 28.2. The molecule has 31 heavy (non-hydrogen) atoms. The molecule has 2 amide bonds. The van der Waals surface area contributed by atoms with Gasteiger partial charge in [-0.15, -0.1) is 0 Å². The van der Waals surface area contributed by atoms with Crippen molar-refractivity contribution in [1.82, 2.24) is 10.2 Å². The maximum atomic E-state index is 13.4. The first-order chi connectivity index (χ1) is 14.8. The maximum Gasteiger partial charge on any atom is 0.243 e. The Morgan fingerprint density at radius 2 is 1.74 bits per heavy atom. The highest BCUT2D eigenvalue weighted by Gasteiger charge is 2.29. The highest BCUT2D eigenvalue weighted by atomic mass is 16.5. The van der Waals surface area contributed by atoms with Crippen molar-refractivity contribution in [2.75, 3.05) is 7.11 Å². The summed E-state index contributed by atoms with van der Waals surface area (Å²) in [6.07, 6.45) is 1.65. The van der Waals surface area contributed by atoms with Crippen molar-refractivity contribution < 1.29 is 14.3 Å². The molecule has 2 aromatic carbocycles. The third-order valence-electron chi connectivity index (χ3n) is 5.80. The summed E-state index contributed by atoms with van der Waals surface area (Å²) < 4.78 is 5.34. The van der Waals surface area contributed by atoms with E-state index >= 15 is 0 Å². The van der Waals surface area contributed by atoms with E-state index in [1.54, 1.807) is 12.0 Å². The molecule has 2 aromatic rings. The van der Waals surface area contributed by atoms with Crippen molar-refractivity contribution in [3.8, 4) is 5.75 Å². The second-order valence-electron chi connectivity index (χ2n) is 8.21. The van der Waals surface area contributed by atoms with Gasteiger partial charge in [0.2, 0.25) is 11.8 Å². The highest BCUT2D eigenvalue weighted by molar-refractivity contribution is 5.88. The zero-order valence-electron chi connectivity index (χ0n) is 19.7. The van der Waals surface area contributed by atoms with E-state index in [9.17, 15) is 9.59 Å². The van der Waals surface area contributed by atoms with Crippen LogP contribution in [0.5, 0.6) is 5.75 Å². The highest BCUT2D eigenvalue weighted by Crippen LogP contribution is 2.19. The summed E-state index contributed by atoms with van der Waals surface area (Å²) in [7, 11) is 1.62. The minimum absolute atomic E-state index is 0.0581. The summed E-state index contributed by atoms with van der Waals surface area (Å²) in [6.45, 7) is 10.4. The van der Waals surface area contributed by atoms with E-state index in [0.717, 1.165) is 28.9 Å². The largest absolute Gasteiger partial charge is 0.497 e. The van der Waals surface area contributed by atoms with E-state index in [4.69, 9.17) is 4.74 Å². The van der Waals surface area contributed by atoms with Gasteiger partial charge >= 0.3 is 0 Å². The summed E-state index contributed by atoms with van der Waals surface area (Å²) in [5, 5.41) is 3.05. The fourth-order valence-corrected chi connectivity index (χ4v) is 3.52. The second kappa shape index (κ2) is 11.5. The van der Waals surface area contributed by atoms with E-state index in [1.807, 2.05) is 64.1 Å². The molecule has 0 saturated heterocycles. The summed E-state index contributed by atoms with van der Waals surface area (Å²) in [6, 6.07) is 13.3. The Morgan fingerprint density at radius 1 is 1.00 bits per heavy atom. The third-order valence-corrected chi connectivity index (χ3v) is 5.80. The van der Waals surface area contributed by atoms with Crippen molar-refractivity contribution in [3.05, 3.63) is 64.7 Å². The number of nitrogens with one attached hydrogen (secondary N) is 1. The fourth-order valence-electron chi connectivity index (χ4n) is 3.52. The monoisotopic (exact) mass is 424 g/mol. The molecule has 2 atom stereocenters. The van der Waals surface area contributed by atoms with Crippen LogP contribution in [0, 0.1) is 13.8 Å². The number of nitrogens with zero attached hydrogens (tertiary/aromatic N) is 1. The van der Waals surface area contributed by atoms with Gasteiger partial charge in [-0.05, 0) is 68.0 Å². The van der Waals surface area contributed by atoms with Gasteiger partial charge in [0.25, 0.3) is 0 Å². The number of hydrogen-bond acceptors (Lipinski definition) is 3. The normalized spacial score (nSPS) is 12.7. The zero-order chi connectivity index (χ0) is 23.0. The number of amides is 2. The molecule has 0 heterocycles. The predicted octanol–water partition coefficient (Wildman–Crippen LogP) is 4.58. The van der Waals surface area contributed by atoms with Crippen LogP contribution in [-0.2, 0) is 22.6 Å². The van der Waals surface area contributed by atoms with Gasteiger partial charge in [-0.3, -0.25) is 9.59 Å². The molecule has 1 N–H and O–H groups in total. The lowest BCUT2D eigenvalue weighted by Gasteiger charge is -2.31. The average Bonchev–Trinajstić information content (AvgIpc) is 2.76. The molecule has 0 spiro atoms. The summed E-state index contributed by atoms with van der Waals surface area (Å²) in [5.41, 5.74) is 4.25. The summed E-state index contributed by atoms with van der Waals surface area (Å²) in [5.74, 6) is 0.571. The Bertz CT molecular complexity index is 894. The molecule has 5 heteroatoms. The van der Waals surface area contributed by atoms with Crippen LogP contribution in [-0.4, -0.2) is 35.9 Å². The topological polar surface area (TPSA) is 58.6 Å². The lowest BCUT2D eigenvalue weighted by atomic mass is 10.0. The zero-order valence-corrected chi connectivity index (χ0v) is 19.7. The number of carbonyl (C=O) groups is 2. The van der Waals surface area contributed by atoms with Gasteiger partial charge in [-0.1, -0.05) is 44.2 Å². The molecular formula is C26H36N2O3. The van der Waals surface area contributed by atoms with Crippen LogP contribution in [0.25, 0.3) is 0 Å². The van der Waals surface area contributed by atoms with Crippen LogP contribution in [0.15, 0.2) is 42.5 Å². The van der Waals surface area contributed by atoms with Crippen molar-refractivity contribution in [3.63, 3.8) is 0 Å². The van der Waals surface area contributed by atoms with Gasteiger partial charge in [0, 0.05) is 12.6 Å². The number of benzene rings is 2. The van der Waals surface area contributed by atoms with Crippen LogP contribution in [0.4, 0.5) is 0 Å². The van der Waals surface area contributed by atoms with Crippen molar-refractivity contribution in [1.29, 1.82) is 0 Å². The molecule has 0 radical (unpaired) electrons. The molecule has 5 nitrogen and oxygen atoms in total. The molecule has 0 aliphatic heterocycles. The van der Waals surface area contributed by atoms with Crippen molar-refractivity contribution in [2.45, 2.75) is 72.5 Å². The molecule has 168 valence electrons. The van der Waals surface area contributed by atoms with Gasteiger partial charge < -0.3 is 15.0 Å². The van der Waals surface area contributed by atoms with Crippen LogP contribution in [0.3, 0.4) is 0 Å². The smallest absolute Gasteiger partial charge is 0.243 e. The molecule has 0 aromatic heterocycles. The minimum atomic E-state index is -0.528. The molecule has 0 unspecified atom stereocenters. The number of ether oxygens (including phenoxy) is 1. The van der Waals surface area contributed by atoms with Gasteiger partial charge in [0.15, 0.2) is 0 Å². The third kappa shape index (κ3) is 6.84. The minimum Gasteiger partial charge on any atom is -0.497 e. The Labute approximate surface area is 186 Å².